The third-order valence-electron chi connectivity index (χ3n) is 5.61. The van der Waals surface area contributed by atoms with E-state index in [-0.39, 0.29) is 36.2 Å². The van der Waals surface area contributed by atoms with Gasteiger partial charge in [-0.15, -0.1) is 0 Å². The number of nitro groups is 2. The lowest BCUT2D eigenvalue weighted by Crippen LogP contribution is -2.08. The Hall–Kier alpha value is -4.43. The van der Waals surface area contributed by atoms with Gasteiger partial charge in [0.15, 0.2) is 23.2 Å². The van der Waals surface area contributed by atoms with E-state index in [0.29, 0.717) is 46.6 Å². The Morgan fingerprint density at radius 2 is 1.37 bits per heavy atom. The SMILES string of the molecule is CC/C(C(C)=O)=C(/C)OCC1=C([N+](=O)[O-])C=[C+]C=C1.CC/C(C(C)=O)=C(\C)OCc1ccccc1[N+](=O)[O-]. The zero-order chi connectivity index (χ0) is 28.8. The molecule has 0 aliphatic heterocycles. The summed E-state index contributed by atoms with van der Waals surface area (Å²) >= 11 is 0. The number of hydrogen-bond acceptors (Lipinski definition) is 8. The molecule has 0 bridgehead atoms. The monoisotopic (exact) mass is 525 g/mol. The lowest BCUT2D eigenvalue weighted by atomic mass is 10.1. The topological polar surface area (TPSA) is 139 Å². The molecule has 1 aromatic rings. The van der Waals surface area contributed by atoms with Crippen molar-refractivity contribution < 1.29 is 28.9 Å². The van der Waals surface area contributed by atoms with Crippen LogP contribution in [0.2, 0.25) is 0 Å². The summed E-state index contributed by atoms with van der Waals surface area (Å²) in [5.74, 6) is 0.948. The van der Waals surface area contributed by atoms with Crippen LogP contribution in [0, 0.1) is 26.3 Å². The number of rotatable bonds is 12. The molecule has 0 spiro atoms. The molecule has 0 amide bonds. The second kappa shape index (κ2) is 15.6. The normalized spacial score (nSPS) is 13.3. The first kappa shape index (κ1) is 31.6. The van der Waals surface area contributed by atoms with Gasteiger partial charge in [0.05, 0.1) is 16.6 Å². The molecule has 1 aliphatic rings. The van der Waals surface area contributed by atoms with Gasteiger partial charge in [-0.05, 0) is 46.6 Å². The Bertz CT molecular complexity index is 1220. The molecule has 38 heavy (non-hydrogen) atoms. The minimum absolute atomic E-state index is 0.0242. The summed E-state index contributed by atoms with van der Waals surface area (Å²) in [6.07, 6.45) is 8.31. The molecule has 0 saturated carbocycles. The average molecular weight is 526 g/mol. The molecule has 202 valence electrons. The largest absolute Gasteiger partial charge is 0.493 e. The van der Waals surface area contributed by atoms with Crippen LogP contribution >= 0.6 is 0 Å². The van der Waals surface area contributed by atoms with Crippen molar-refractivity contribution in [1.29, 1.82) is 0 Å². The number of benzene rings is 1. The molecule has 1 aromatic carbocycles. The van der Waals surface area contributed by atoms with E-state index in [0.717, 1.165) is 0 Å². The zero-order valence-corrected chi connectivity index (χ0v) is 22.5. The highest BCUT2D eigenvalue weighted by molar-refractivity contribution is 5.94. The molecular weight excluding hydrogens is 492 g/mol. The number of nitrogens with zero attached hydrogens (tertiary/aromatic N) is 2. The molecule has 10 heteroatoms. The summed E-state index contributed by atoms with van der Waals surface area (Å²) in [6.45, 7) is 10.2. The molecule has 0 heterocycles. The fourth-order valence-electron chi connectivity index (χ4n) is 3.59. The summed E-state index contributed by atoms with van der Waals surface area (Å²) in [7, 11) is 0. The number of hydrogen-bond donors (Lipinski definition) is 0. The van der Waals surface area contributed by atoms with E-state index in [4.69, 9.17) is 9.47 Å². The first-order valence-electron chi connectivity index (χ1n) is 12.0. The Balaban J connectivity index is 0.000000380. The van der Waals surface area contributed by atoms with Gasteiger partial charge in [0.1, 0.15) is 35.7 Å². The van der Waals surface area contributed by atoms with Crippen LogP contribution in [0.15, 0.2) is 76.4 Å². The summed E-state index contributed by atoms with van der Waals surface area (Å²) in [5, 5.41) is 21.7. The Kier molecular flexibility index (Phi) is 13.0. The van der Waals surface area contributed by atoms with E-state index in [1.54, 1.807) is 44.2 Å². The van der Waals surface area contributed by atoms with Crippen LogP contribution in [-0.2, 0) is 25.7 Å². The molecule has 0 N–H and O–H groups in total. The van der Waals surface area contributed by atoms with Crippen molar-refractivity contribution in [3.05, 3.63) is 108 Å². The molecular formula is C28H33N2O8+. The van der Waals surface area contributed by atoms with E-state index in [9.17, 15) is 29.8 Å². The van der Waals surface area contributed by atoms with Crippen LogP contribution in [-0.4, -0.2) is 28.0 Å². The summed E-state index contributed by atoms with van der Waals surface area (Å²) in [4.78, 5) is 43.5. The van der Waals surface area contributed by atoms with Gasteiger partial charge >= 0.3 is 5.70 Å². The Labute approximate surface area is 222 Å². The molecule has 0 radical (unpaired) electrons. The highest BCUT2D eigenvalue weighted by Crippen LogP contribution is 2.21. The first-order valence-corrected chi connectivity index (χ1v) is 12.0. The van der Waals surface area contributed by atoms with Gasteiger partial charge in [-0.1, -0.05) is 26.0 Å². The summed E-state index contributed by atoms with van der Waals surface area (Å²) in [5.41, 5.74) is 2.16. The maximum atomic E-state index is 11.4. The smallest absolute Gasteiger partial charge is 0.385 e. The number of allylic oxidation sites excluding steroid dienone is 7. The minimum Gasteiger partial charge on any atom is -0.493 e. The van der Waals surface area contributed by atoms with Crippen molar-refractivity contribution >= 4 is 17.3 Å². The van der Waals surface area contributed by atoms with Crippen molar-refractivity contribution in [2.24, 2.45) is 0 Å². The average Bonchev–Trinajstić information content (AvgIpc) is 2.87. The van der Waals surface area contributed by atoms with Gasteiger partial charge in [0.2, 0.25) is 0 Å². The molecule has 0 atom stereocenters. The van der Waals surface area contributed by atoms with Crippen LogP contribution < -0.4 is 0 Å². The number of ether oxygens (including phenoxy) is 2. The predicted molar refractivity (Wildman–Crippen MR) is 142 cm³/mol. The van der Waals surface area contributed by atoms with Crippen LogP contribution in [0.3, 0.4) is 0 Å². The third kappa shape index (κ3) is 9.55. The second-order valence-corrected chi connectivity index (χ2v) is 8.16. The van der Waals surface area contributed by atoms with Gasteiger partial charge in [-0.3, -0.25) is 19.7 Å². The fourth-order valence-corrected chi connectivity index (χ4v) is 3.59. The van der Waals surface area contributed by atoms with E-state index < -0.39 is 9.85 Å². The van der Waals surface area contributed by atoms with Gasteiger partial charge in [0, 0.05) is 23.3 Å². The number of para-hydroxylation sites is 1. The highest BCUT2D eigenvalue weighted by Gasteiger charge is 2.25. The number of carbonyl (C=O) groups excluding carboxylic acids is 2. The fraction of sp³-hybridized carbons (Fsp3) is 0.357. The molecule has 2 rings (SSSR count). The number of carbonyl (C=O) groups is 2. The molecule has 0 saturated heterocycles. The van der Waals surface area contributed by atoms with Gasteiger partial charge in [-0.2, -0.15) is 0 Å². The van der Waals surface area contributed by atoms with Crippen LogP contribution in [0.5, 0.6) is 0 Å². The Morgan fingerprint density at radius 1 is 0.842 bits per heavy atom. The predicted octanol–water partition coefficient (Wildman–Crippen LogP) is 6.12. The molecule has 0 aromatic heterocycles. The van der Waals surface area contributed by atoms with Gasteiger partial charge in [0.25, 0.3) is 5.69 Å². The van der Waals surface area contributed by atoms with E-state index in [2.05, 4.69) is 6.08 Å². The lowest BCUT2D eigenvalue weighted by molar-refractivity contribution is -0.420. The third-order valence-corrected chi connectivity index (χ3v) is 5.61. The maximum absolute atomic E-state index is 11.4. The highest BCUT2D eigenvalue weighted by atomic mass is 16.6. The maximum Gasteiger partial charge on any atom is 0.385 e. The van der Waals surface area contributed by atoms with Crippen LogP contribution in [0.25, 0.3) is 0 Å². The van der Waals surface area contributed by atoms with E-state index >= 15 is 0 Å². The number of Topliss-reactive ketones (excluding diaryl/α,β-unsaturated/α-hetero) is 2. The first-order chi connectivity index (χ1) is 17.9. The number of nitro benzene ring substituents is 1. The van der Waals surface area contributed by atoms with Crippen molar-refractivity contribution in [3.8, 4) is 0 Å². The van der Waals surface area contributed by atoms with E-state index in [1.807, 2.05) is 13.8 Å². The Morgan fingerprint density at radius 3 is 1.84 bits per heavy atom. The number of ketones is 2. The van der Waals surface area contributed by atoms with Crippen molar-refractivity contribution in [3.63, 3.8) is 0 Å². The van der Waals surface area contributed by atoms with Crippen molar-refractivity contribution in [1.82, 2.24) is 0 Å². The van der Waals surface area contributed by atoms with E-state index in [1.165, 1.54) is 26.0 Å². The summed E-state index contributed by atoms with van der Waals surface area (Å²) in [6, 6.07) is 6.40. The zero-order valence-electron chi connectivity index (χ0n) is 22.5. The minimum atomic E-state index is -0.472. The molecule has 10 nitrogen and oxygen atoms in total. The second-order valence-electron chi connectivity index (χ2n) is 8.16. The van der Waals surface area contributed by atoms with Crippen LogP contribution in [0.4, 0.5) is 5.69 Å². The molecule has 0 fully saturated rings. The molecule has 1 aliphatic carbocycles. The standard InChI is InChI=1S/C14H17NO4.C14H16NO4/c2*1-4-13(10(2)16)11(3)19-9-12-7-5-6-8-14(12)15(17)18/h5-8H,4,9H2,1-3H3;5,7-8H,4,9H2,1-3H3/q;+1/b13-11-;13-11+. The molecule has 0 unspecified atom stereocenters. The van der Waals surface area contributed by atoms with Gasteiger partial charge < -0.3 is 9.47 Å². The van der Waals surface area contributed by atoms with Crippen LogP contribution in [0.1, 0.15) is 59.9 Å². The van der Waals surface area contributed by atoms with Crippen molar-refractivity contribution in [2.75, 3.05) is 6.61 Å². The van der Waals surface area contributed by atoms with Crippen molar-refractivity contribution in [2.45, 2.75) is 61.0 Å². The van der Waals surface area contributed by atoms with Gasteiger partial charge in [-0.25, -0.2) is 10.1 Å². The lowest BCUT2D eigenvalue weighted by Gasteiger charge is -2.10. The summed E-state index contributed by atoms with van der Waals surface area (Å²) < 4.78 is 11.0. The quantitative estimate of drug-likeness (QED) is 0.105.